The Hall–Kier alpha value is -2.84. The molecule has 6 nitrogen and oxygen atoms in total. The van der Waals surface area contributed by atoms with Crippen LogP contribution in [-0.4, -0.2) is 35.5 Å². The molecule has 0 unspecified atom stereocenters. The van der Waals surface area contributed by atoms with E-state index in [-0.39, 0.29) is 12.3 Å². The van der Waals surface area contributed by atoms with Crippen LogP contribution in [0.5, 0.6) is 0 Å². The van der Waals surface area contributed by atoms with Gasteiger partial charge in [0.05, 0.1) is 12.0 Å². The Morgan fingerprint density at radius 3 is 2.44 bits per heavy atom. The van der Waals surface area contributed by atoms with Gasteiger partial charge in [0.2, 0.25) is 5.91 Å². The molecule has 9 heteroatoms. The molecule has 1 heterocycles. The van der Waals surface area contributed by atoms with Crippen molar-refractivity contribution >= 4 is 17.5 Å². The highest BCUT2D eigenvalue weighted by Gasteiger charge is 2.30. The van der Waals surface area contributed by atoms with Crippen LogP contribution in [0.3, 0.4) is 0 Å². The number of nitrogens with zero attached hydrogens (tertiary/aromatic N) is 2. The van der Waals surface area contributed by atoms with Gasteiger partial charge in [-0.15, -0.1) is 0 Å². The second-order valence-corrected chi connectivity index (χ2v) is 5.87. The van der Waals surface area contributed by atoms with Crippen molar-refractivity contribution in [1.29, 1.82) is 0 Å². The van der Waals surface area contributed by atoms with Crippen LogP contribution in [0.25, 0.3) is 0 Å². The first-order valence-corrected chi connectivity index (χ1v) is 8.54. The van der Waals surface area contributed by atoms with E-state index in [1.807, 2.05) is 6.92 Å². The van der Waals surface area contributed by atoms with E-state index < -0.39 is 11.7 Å². The zero-order chi connectivity index (χ0) is 19.9. The fraction of sp³-hybridized carbons (Fsp3) is 0.389. The Bertz CT molecular complexity index is 780. The van der Waals surface area contributed by atoms with Gasteiger partial charge in [-0.1, -0.05) is 18.2 Å². The van der Waals surface area contributed by atoms with Crippen molar-refractivity contribution in [2.45, 2.75) is 26.4 Å². The molecule has 27 heavy (non-hydrogen) atoms. The first kappa shape index (κ1) is 20.5. The third-order valence-corrected chi connectivity index (χ3v) is 3.57. The molecule has 2 aromatic rings. The van der Waals surface area contributed by atoms with E-state index in [1.54, 1.807) is 13.0 Å². The first-order valence-electron chi connectivity index (χ1n) is 8.54. The molecule has 1 aromatic heterocycles. The average Bonchev–Trinajstić information content (AvgIpc) is 2.58. The average molecular weight is 381 g/mol. The lowest BCUT2D eigenvalue weighted by Crippen LogP contribution is -2.30. The smallest absolute Gasteiger partial charge is 0.370 e. The molecule has 0 spiro atoms. The van der Waals surface area contributed by atoms with Crippen LogP contribution in [0.2, 0.25) is 0 Å². The summed E-state index contributed by atoms with van der Waals surface area (Å²) in [4.78, 5) is 20.4. The molecule has 0 aliphatic heterocycles. The van der Waals surface area contributed by atoms with Gasteiger partial charge in [-0.25, -0.2) is 9.97 Å². The number of hydrogen-bond acceptors (Lipinski definition) is 5. The second-order valence-electron chi connectivity index (χ2n) is 5.87. The number of amides is 1. The highest BCUT2D eigenvalue weighted by molar-refractivity contribution is 5.78. The van der Waals surface area contributed by atoms with E-state index in [1.165, 1.54) is 12.1 Å². The van der Waals surface area contributed by atoms with Crippen LogP contribution in [0.1, 0.15) is 23.9 Å². The Kier molecular flexibility index (Phi) is 6.98. The number of halogens is 3. The zero-order valence-electron chi connectivity index (χ0n) is 15.2. The normalized spacial score (nSPS) is 11.1. The van der Waals surface area contributed by atoms with Crippen molar-refractivity contribution < 1.29 is 18.0 Å². The van der Waals surface area contributed by atoms with Crippen LogP contribution in [0.4, 0.5) is 24.8 Å². The van der Waals surface area contributed by atoms with Gasteiger partial charge >= 0.3 is 6.18 Å². The number of alkyl halides is 3. The van der Waals surface area contributed by atoms with Crippen molar-refractivity contribution in [3.05, 3.63) is 47.3 Å². The lowest BCUT2D eigenvalue weighted by atomic mass is 10.1. The van der Waals surface area contributed by atoms with Gasteiger partial charge in [-0.2, -0.15) is 13.2 Å². The summed E-state index contributed by atoms with van der Waals surface area (Å²) in [6, 6.07) is 6.53. The molecular formula is C18H22F3N5O. The molecule has 0 atom stereocenters. The number of nitrogens with one attached hydrogen (secondary N) is 3. The summed E-state index contributed by atoms with van der Waals surface area (Å²) in [5.74, 6) is 1.61. The molecule has 2 rings (SSSR count). The molecule has 0 aliphatic carbocycles. The minimum Gasteiger partial charge on any atom is -0.370 e. The summed E-state index contributed by atoms with van der Waals surface area (Å²) < 4.78 is 38.1. The standard InChI is InChI=1S/C18H22F3N5O/c1-3-22-15-11-16(26-12(2)25-15)23-7-8-24-17(27)10-13-5-4-6-14(9-13)18(19,20)21/h4-6,9,11H,3,7-8,10H2,1-2H3,(H,24,27)(H2,22,23,25,26). The van der Waals surface area contributed by atoms with Crippen molar-refractivity contribution in [3.63, 3.8) is 0 Å². The largest absolute Gasteiger partial charge is 0.416 e. The Balaban J connectivity index is 1.80. The van der Waals surface area contributed by atoms with Crippen LogP contribution >= 0.6 is 0 Å². The van der Waals surface area contributed by atoms with Crippen molar-refractivity contribution in [2.75, 3.05) is 30.3 Å². The number of anilines is 2. The van der Waals surface area contributed by atoms with Crippen molar-refractivity contribution in [1.82, 2.24) is 15.3 Å². The maximum absolute atomic E-state index is 12.7. The zero-order valence-corrected chi connectivity index (χ0v) is 15.2. The van der Waals surface area contributed by atoms with Gasteiger partial charge in [0, 0.05) is 25.7 Å². The predicted octanol–water partition coefficient (Wildman–Crippen LogP) is 3.01. The number of benzene rings is 1. The third kappa shape index (κ3) is 6.76. The first-order chi connectivity index (χ1) is 12.8. The summed E-state index contributed by atoms with van der Waals surface area (Å²) in [6.45, 7) is 5.22. The van der Waals surface area contributed by atoms with Crippen molar-refractivity contribution in [2.24, 2.45) is 0 Å². The van der Waals surface area contributed by atoms with Crippen molar-refractivity contribution in [3.8, 4) is 0 Å². The number of carbonyl (C=O) groups is 1. The molecule has 1 amide bonds. The SMILES string of the molecule is CCNc1cc(NCCNC(=O)Cc2cccc(C(F)(F)F)c2)nc(C)n1. The van der Waals surface area contributed by atoms with Gasteiger partial charge in [0.1, 0.15) is 17.5 Å². The van der Waals surface area contributed by atoms with E-state index in [9.17, 15) is 18.0 Å². The topological polar surface area (TPSA) is 78.9 Å². The number of rotatable bonds is 8. The van der Waals surface area contributed by atoms with Gasteiger partial charge in [-0.3, -0.25) is 4.79 Å². The third-order valence-electron chi connectivity index (χ3n) is 3.57. The quantitative estimate of drug-likeness (QED) is 0.613. The molecular weight excluding hydrogens is 359 g/mol. The molecule has 0 aliphatic rings. The minimum absolute atomic E-state index is 0.110. The molecule has 0 bridgehead atoms. The summed E-state index contributed by atoms with van der Waals surface area (Å²) >= 11 is 0. The minimum atomic E-state index is -4.42. The number of aryl methyl sites for hydroxylation is 1. The van der Waals surface area contributed by atoms with E-state index in [4.69, 9.17) is 0 Å². The summed E-state index contributed by atoms with van der Waals surface area (Å²) in [6.07, 6.45) is -4.53. The Morgan fingerprint density at radius 1 is 1.07 bits per heavy atom. The number of aromatic nitrogens is 2. The molecule has 0 fully saturated rings. The van der Waals surface area contributed by atoms with E-state index in [0.717, 1.165) is 18.7 Å². The molecule has 146 valence electrons. The van der Waals surface area contributed by atoms with Gasteiger partial charge in [-0.05, 0) is 25.5 Å². The fourth-order valence-corrected chi connectivity index (χ4v) is 2.43. The summed E-state index contributed by atoms with van der Waals surface area (Å²) in [5.41, 5.74) is -0.443. The fourth-order valence-electron chi connectivity index (χ4n) is 2.43. The van der Waals surface area contributed by atoms with Crippen LogP contribution in [-0.2, 0) is 17.4 Å². The highest BCUT2D eigenvalue weighted by atomic mass is 19.4. The molecule has 0 saturated heterocycles. The summed E-state index contributed by atoms with van der Waals surface area (Å²) in [7, 11) is 0. The predicted molar refractivity (Wildman–Crippen MR) is 97.6 cm³/mol. The van der Waals surface area contributed by atoms with Gasteiger partial charge in [0.25, 0.3) is 0 Å². The molecule has 1 aromatic carbocycles. The van der Waals surface area contributed by atoms with Crippen LogP contribution < -0.4 is 16.0 Å². The summed E-state index contributed by atoms with van der Waals surface area (Å²) in [5, 5.41) is 8.85. The lowest BCUT2D eigenvalue weighted by Gasteiger charge is -2.11. The van der Waals surface area contributed by atoms with E-state index >= 15 is 0 Å². The van der Waals surface area contributed by atoms with Gasteiger partial charge < -0.3 is 16.0 Å². The van der Waals surface area contributed by atoms with E-state index in [0.29, 0.717) is 36.1 Å². The Labute approximate surface area is 155 Å². The maximum Gasteiger partial charge on any atom is 0.416 e. The van der Waals surface area contributed by atoms with Gasteiger partial charge in [0.15, 0.2) is 0 Å². The Morgan fingerprint density at radius 2 is 1.78 bits per heavy atom. The monoisotopic (exact) mass is 381 g/mol. The highest BCUT2D eigenvalue weighted by Crippen LogP contribution is 2.29. The number of carbonyl (C=O) groups excluding carboxylic acids is 1. The number of hydrogen-bond donors (Lipinski definition) is 3. The maximum atomic E-state index is 12.7. The van der Waals surface area contributed by atoms with Crippen LogP contribution in [0, 0.1) is 6.92 Å². The molecule has 0 radical (unpaired) electrons. The molecule has 3 N–H and O–H groups in total. The van der Waals surface area contributed by atoms with E-state index in [2.05, 4.69) is 25.9 Å². The van der Waals surface area contributed by atoms with Crippen LogP contribution in [0.15, 0.2) is 30.3 Å². The lowest BCUT2D eigenvalue weighted by molar-refractivity contribution is -0.137. The molecule has 0 saturated carbocycles. The second kappa shape index (κ2) is 9.20.